The number of hydrogen-bond donors (Lipinski definition) is 0. The Bertz CT molecular complexity index is 22.4. The Labute approximate surface area is 67.0 Å². The average Bonchev–Trinajstić information content (AvgIpc) is 0.722. The molecule has 0 N–H and O–H groups in total. The summed E-state index contributed by atoms with van der Waals surface area (Å²) < 4.78 is 5.78. The van der Waals surface area contributed by atoms with Gasteiger partial charge in [0, 0.05) is 0 Å². The molecule has 0 fully saturated rings. The van der Waals surface area contributed by atoms with Crippen LogP contribution in [0.4, 0.5) is 0 Å². The molecule has 0 heterocycles. The van der Waals surface area contributed by atoms with Crippen molar-refractivity contribution in [1.29, 1.82) is 1.28 Å². The van der Waals surface area contributed by atoms with Crippen molar-refractivity contribution >= 4 is 66.9 Å². The van der Waals surface area contributed by atoms with E-state index in [1.807, 2.05) is 0 Å². The fourth-order valence-corrected chi connectivity index (χ4v) is 0. The molecule has 0 nitrogen and oxygen atoms in total. The average molecular weight is 414 g/mol. The van der Waals surface area contributed by atoms with E-state index in [1.54, 1.807) is 0 Å². The summed E-state index contributed by atoms with van der Waals surface area (Å²) in [7, 11) is 0. The Morgan fingerprint density at radius 2 is 1.50 bits per heavy atom. The number of rotatable bonds is 0. The van der Waals surface area contributed by atoms with Crippen LogP contribution in [0.5, 0.6) is 0 Å². The summed E-state index contributed by atoms with van der Waals surface area (Å²) in [6.45, 7) is 0. The van der Waals surface area contributed by atoms with Crippen LogP contribution in [0, 0.1) is 0 Å². The van der Waals surface area contributed by atoms with Gasteiger partial charge in [-0.15, -0.1) is 0 Å². The predicted molar refractivity (Wildman–Crippen MR) is 50.4 cm³/mol. The first-order chi connectivity index (χ1) is 2.00. The fraction of sp³-hybridized carbons (Fsp3) is 0. The van der Waals surface area contributed by atoms with Gasteiger partial charge in [-0.05, 0) is 0 Å². The summed E-state index contributed by atoms with van der Waals surface area (Å²) in [5.41, 5.74) is 0. The van der Waals surface area contributed by atoms with Gasteiger partial charge >= 0.3 is 0 Å². The molecular weight excluding hydrogens is 412 g/mol. The summed E-state index contributed by atoms with van der Waals surface area (Å²) in [4.78, 5) is 0. The molecule has 0 aromatic heterocycles. The first-order valence-corrected chi connectivity index (χ1v) is 10.2. The van der Waals surface area contributed by atoms with Crippen LogP contribution >= 0.6 is 66.9 Å². The van der Waals surface area contributed by atoms with Gasteiger partial charge in [0.1, 0.15) is 0 Å². The lowest BCUT2D eigenvalue weighted by Crippen LogP contribution is -0.858. The molecule has 0 rings (SSSR count). The second-order valence-electron chi connectivity index (χ2n) is 0.192. The third-order valence-electron chi connectivity index (χ3n) is 0. The van der Waals surface area contributed by atoms with Gasteiger partial charge in [-0.1, -0.05) is 0 Å². The highest BCUT2D eigenvalue weighted by Crippen LogP contribution is 2.61. The van der Waals surface area contributed by atoms with E-state index < -0.39 is 0.794 Å². The zero-order valence-electron chi connectivity index (χ0n) is 2.58. The molecule has 0 radical (unpaired) electrons. The Morgan fingerprint density at radius 3 is 1.50 bits per heavy atom. The SMILES string of the molecule is [2H][P+](I)(I)I. The molecule has 0 atom stereocenters. The van der Waals surface area contributed by atoms with E-state index in [-0.39, 0.29) is 0 Å². The molecule has 4 heavy (non-hydrogen) atoms. The smallest absolute Gasteiger partial charge is 0.173 e. The van der Waals surface area contributed by atoms with Gasteiger partial charge in [0.05, 0.1) is 0 Å². The molecule has 0 aliphatic carbocycles. The summed E-state index contributed by atoms with van der Waals surface area (Å²) >= 11 is 6.39. The van der Waals surface area contributed by atoms with Crippen LogP contribution in [0.15, 0.2) is 0 Å². The molecular formula is HI3P+. The molecule has 0 spiro atoms. The van der Waals surface area contributed by atoms with Crippen molar-refractivity contribution in [3.8, 4) is 0 Å². The summed E-state index contributed by atoms with van der Waals surface area (Å²) in [5, 5.41) is 0. The molecule has 0 aromatic rings. The van der Waals surface area contributed by atoms with Crippen LogP contribution < -0.4 is 0 Å². The van der Waals surface area contributed by atoms with Crippen molar-refractivity contribution in [3.05, 3.63) is 0 Å². The third kappa shape index (κ3) is 8.82. The molecule has 0 bridgehead atoms. The van der Waals surface area contributed by atoms with Crippen LogP contribution in [0.2, 0.25) is 0 Å². The molecule has 26 valence electrons. The van der Waals surface area contributed by atoms with Gasteiger partial charge in [0.25, 0.3) is 1.28 Å². The molecule has 0 unspecified atom stereocenters. The highest BCUT2D eigenvalue weighted by Gasteiger charge is 1.91. The van der Waals surface area contributed by atoms with Crippen LogP contribution in [0.1, 0.15) is 0 Å². The maximum Gasteiger partial charge on any atom is 0.299 e. The second kappa shape index (κ2) is 3.80. The molecule has 4 heteroatoms. The minimum absolute atomic E-state index is 1.23. The van der Waals surface area contributed by atoms with Gasteiger partial charge in [-0.25, -0.2) is 0 Å². The van der Waals surface area contributed by atoms with Gasteiger partial charge in [0.15, 0.2) is 66.9 Å². The predicted octanol–water partition coefficient (Wildman–Crippen LogP) is 3.25. The van der Waals surface area contributed by atoms with Crippen LogP contribution in [0.25, 0.3) is 0 Å². The highest BCUT2D eigenvalue weighted by molar-refractivity contribution is 14.4. The Hall–Kier alpha value is 2.62. The van der Waals surface area contributed by atoms with E-state index in [4.69, 9.17) is 1.28 Å². The van der Waals surface area contributed by atoms with E-state index in [0.29, 0.717) is 0 Å². The van der Waals surface area contributed by atoms with E-state index in [2.05, 4.69) is 66.1 Å². The van der Waals surface area contributed by atoms with Gasteiger partial charge in [0.2, 0.25) is 0 Å². The maximum atomic E-state index is 7.01. The number of halogens is 3. The van der Waals surface area contributed by atoms with Crippen LogP contribution in [-0.4, -0.2) is 1.28 Å². The lowest BCUT2D eigenvalue weighted by molar-refractivity contribution is 6.52. The normalized spacial score (nSPS) is 15.2. The molecule has 0 amide bonds. The van der Waals surface area contributed by atoms with E-state index in [9.17, 15) is 0 Å². The van der Waals surface area contributed by atoms with Crippen LogP contribution in [-0.2, 0) is 0 Å². The second-order valence-corrected chi connectivity index (χ2v) is 25.9. The highest BCUT2D eigenvalue weighted by atomic mass is 127. The zero-order chi connectivity index (χ0) is 4.50. The topological polar surface area (TPSA) is 0 Å². The Balaban J connectivity index is 3.02. The summed E-state index contributed by atoms with van der Waals surface area (Å²) in [6, 6.07) is 0. The van der Waals surface area contributed by atoms with E-state index >= 15 is 0 Å². The van der Waals surface area contributed by atoms with Crippen molar-refractivity contribution in [2.75, 3.05) is 0 Å². The first kappa shape index (κ1) is 4.77. The van der Waals surface area contributed by atoms with Crippen molar-refractivity contribution in [2.45, 2.75) is 0 Å². The molecule has 0 saturated carbocycles. The maximum absolute atomic E-state index is 7.01. The van der Waals surface area contributed by atoms with E-state index in [0.717, 1.165) is 0 Å². The fourth-order valence-electron chi connectivity index (χ4n) is 0. The largest absolute Gasteiger partial charge is 0.299 e. The number of hydrogen-bond acceptors (Lipinski definition) is 0. The molecule has 0 aliphatic rings. The lowest BCUT2D eigenvalue weighted by Gasteiger charge is -1.55. The molecule has 0 saturated heterocycles. The molecule has 0 aromatic carbocycles. The Kier molecular flexibility index (Phi) is 4.53. The van der Waals surface area contributed by atoms with Gasteiger partial charge in [-0.2, -0.15) is 0 Å². The first-order valence-electron chi connectivity index (χ1n) is 0.954. The minimum atomic E-state index is -1.23. The van der Waals surface area contributed by atoms with Crippen molar-refractivity contribution in [3.63, 3.8) is 0 Å². The monoisotopic (exact) mass is 414 g/mol. The standard InChI is InChI=1S/I3P/c1-4(2)3/p+1/i/hD. The van der Waals surface area contributed by atoms with Gasteiger partial charge in [-0.3, -0.25) is 0 Å². The Morgan fingerprint density at radius 1 is 1.50 bits per heavy atom. The molecule has 0 aliphatic heterocycles. The zero-order valence-corrected chi connectivity index (χ0v) is 8.95. The lowest BCUT2D eigenvalue weighted by atomic mass is 30.9. The van der Waals surface area contributed by atoms with E-state index in [1.165, 1.54) is 0 Å². The minimum Gasteiger partial charge on any atom is 0.173 e. The summed E-state index contributed by atoms with van der Waals surface area (Å²) in [6.07, 6.45) is 0. The van der Waals surface area contributed by atoms with Crippen molar-refractivity contribution in [1.82, 2.24) is 0 Å². The van der Waals surface area contributed by atoms with Gasteiger partial charge < -0.3 is 0 Å². The van der Waals surface area contributed by atoms with Crippen LogP contribution in [0.3, 0.4) is 0 Å². The summed E-state index contributed by atoms with van der Waals surface area (Å²) in [5.74, 6) is 0. The van der Waals surface area contributed by atoms with Crippen molar-refractivity contribution in [2.24, 2.45) is 0 Å². The third-order valence-corrected chi connectivity index (χ3v) is 0. The van der Waals surface area contributed by atoms with Crippen molar-refractivity contribution < 1.29 is 0 Å². The quantitative estimate of drug-likeness (QED) is 0.422.